The lowest BCUT2D eigenvalue weighted by Gasteiger charge is -2.43. The Morgan fingerprint density at radius 2 is 1.57 bits per heavy atom. The molecule has 2 heterocycles. The lowest BCUT2D eigenvalue weighted by molar-refractivity contribution is -0.300. The second-order valence-electron chi connectivity index (χ2n) is 6.76. The summed E-state index contributed by atoms with van der Waals surface area (Å²) in [4.78, 5) is 35.2. The number of rotatable bonds is 6. The van der Waals surface area contributed by atoms with Crippen molar-refractivity contribution < 1.29 is 38.1 Å². The molecule has 0 amide bonds. The molecule has 5 atom stereocenters. The number of esters is 3. The van der Waals surface area contributed by atoms with Gasteiger partial charge in [-0.05, 0) is 12.1 Å². The zero-order valence-electron chi connectivity index (χ0n) is 17.0. The maximum atomic E-state index is 11.8. The standard InChI is InChI=1S/C19H23N3O8/c1-10(23)27-16-15(9-22-14-8-6-5-7-13(14)20-21-22)30-19(26-4)18(29-12(3)25)17(16)28-11(2)24/h5-8,15-19H,9H2,1-4H3/t15-,16-,17+,18+,19+/m1/s1. The maximum absolute atomic E-state index is 11.8. The highest BCUT2D eigenvalue weighted by Crippen LogP contribution is 2.30. The number of hydrogen-bond acceptors (Lipinski definition) is 10. The Bertz CT molecular complexity index is 929. The van der Waals surface area contributed by atoms with Gasteiger partial charge in [0.15, 0.2) is 24.6 Å². The Morgan fingerprint density at radius 3 is 2.20 bits per heavy atom. The van der Waals surface area contributed by atoms with Gasteiger partial charge in [-0.3, -0.25) is 14.4 Å². The second-order valence-corrected chi connectivity index (χ2v) is 6.76. The van der Waals surface area contributed by atoms with Gasteiger partial charge in [-0.25, -0.2) is 4.68 Å². The summed E-state index contributed by atoms with van der Waals surface area (Å²) in [7, 11) is 1.36. The fourth-order valence-electron chi connectivity index (χ4n) is 3.41. The van der Waals surface area contributed by atoms with Crippen molar-refractivity contribution in [2.45, 2.75) is 58.0 Å². The molecule has 11 nitrogen and oxygen atoms in total. The van der Waals surface area contributed by atoms with Crippen LogP contribution in [0.15, 0.2) is 24.3 Å². The summed E-state index contributed by atoms with van der Waals surface area (Å²) in [6, 6.07) is 7.31. The van der Waals surface area contributed by atoms with Crippen LogP contribution < -0.4 is 0 Å². The van der Waals surface area contributed by atoms with Gasteiger partial charge in [-0.2, -0.15) is 0 Å². The zero-order valence-corrected chi connectivity index (χ0v) is 17.0. The second kappa shape index (κ2) is 9.18. The minimum absolute atomic E-state index is 0.114. The molecule has 1 aromatic heterocycles. The summed E-state index contributed by atoms with van der Waals surface area (Å²) in [6.07, 6.45) is -5.26. The summed E-state index contributed by atoms with van der Waals surface area (Å²) in [6.45, 7) is 3.73. The average Bonchev–Trinajstić information content (AvgIpc) is 3.08. The summed E-state index contributed by atoms with van der Waals surface area (Å²) in [5.74, 6) is -1.90. The number of carbonyl (C=O) groups is 3. The van der Waals surface area contributed by atoms with Crippen molar-refractivity contribution in [1.82, 2.24) is 15.0 Å². The lowest BCUT2D eigenvalue weighted by atomic mass is 9.97. The normalized spacial score (nSPS) is 26.2. The van der Waals surface area contributed by atoms with Gasteiger partial charge in [-0.15, -0.1) is 5.10 Å². The van der Waals surface area contributed by atoms with Crippen LogP contribution in [0.2, 0.25) is 0 Å². The van der Waals surface area contributed by atoms with E-state index < -0.39 is 48.6 Å². The maximum Gasteiger partial charge on any atom is 0.303 e. The van der Waals surface area contributed by atoms with E-state index in [1.54, 1.807) is 10.7 Å². The van der Waals surface area contributed by atoms with Gasteiger partial charge >= 0.3 is 17.9 Å². The van der Waals surface area contributed by atoms with Crippen LogP contribution in [0.5, 0.6) is 0 Å². The number of aromatic nitrogens is 3. The van der Waals surface area contributed by atoms with Gasteiger partial charge in [0, 0.05) is 27.9 Å². The third-order valence-corrected chi connectivity index (χ3v) is 4.50. The number of hydrogen-bond donors (Lipinski definition) is 0. The summed E-state index contributed by atoms with van der Waals surface area (Å²) in [5, 5.41) is 8.21. The molecule has 0 bridgehead atoms. The third-order valence-electron chi connectivity index (χ3n) is 4.50. The molecule has 162 valence electrons. The molecule has 1 aromatic carbocycles. The Balaban J connectivity index is 1.97. The number of nitrogens with zero attached hydrogens (tertiary/aromatic N) is 3. The van der Waals surface area contributed by atoms with E-state index in [1.165, 1.54) is 27.9 Å². The van der Waals surface area contributed by atoms with Crippen molar-refractivity contribution in [3.8, 4) is 0 Å². The molecule has 1 fully saturated rings. The number of carbonyl (C=O) groups excluding carboxylic acids is 3. The van der Waals surface area contributed by atoms with Crippen molar-refractivity contribution in [2.75, 3.05) is 7.11 Å². The molecule has 30 heavy (non-hydrogen) atoms. The molecule has 0 saturated carbocycles. The predicted octanol–water partition coefficient (Wildman–Crippen LogP) is 0.598. The smallest absolute Gasteiger partial charge is 0.303 e. The van der Waals surface area contributed by atoms with Crippen LogP contribution in [-0.2, 0) is 44.6 Å². The number of ether oxygens (including phenoxy) is 5. The zero-order chi connectivity index (χ0) is 21.8. The van der Waals surface area contributed by atoms with Crippen LogP contribution in [-0.4, -0.2) is 70.7 Å². The van der Waals surface area contributed by atoms with E-state index in [0.717, 1.165) is 5.52 Å². The highest BCUT2D eigenvalue weighted by Gasteiger charge is 2.52. The number of para-hydroxylation sites is 1. The van der Waals surface area contributed by atoms with Crippen LogP contribution >= 0.6 is 0 Å². The fraction of sp³-hybridized carbons (Fsp3) is 0.526. The number of fused-ring (bicyclic) bond motifs is 1. The molecule has 11 heteroatoms. The van der Waals surface area contributed by atoms with Crippen molar-refractivity contribution >= 4 is 28.9 Å². The quantitative estimate of drug-likeness (QED) is 0.483. The van der Waals surface area contributed by atoms with E-state index in [1.807, 2.05) is 18.2 Å². The topological polar surface area (TPSA) is 128 Å². The van der Waals surface area contributed by atoms with E-state index in [2.05, 4.69) is 10.3 Å². The molecule has 0 spiro atoms. The first-order valence-corrected chi connectivity index (χ1v) is 9.28. The van der Waals surface area contributed by atoms with Gasteiger partial charge < -0.3 is 23.7 Å². The Kier molecular flexibility index (Phi) is 6.63. The van der Waals surface area contributed by atoms with Crippen LogP contribution in [0.4, 0.5) is 0 Å². The molecular formula is C19H23N3O8. The minimum Gasteiger partial charge on any atom is -0.456 e. The summed E-state index contributed by atoms with van der Waals surface area (Å²) < 4.78 is 29.0. The Labute approximate surface area is 172 Å². The molecule has 0 aliphatic carbocycles. The highest BCUT2D eigenvalue weighted by atomic mass is 16.7. The summed E-state index contributed by atoms with van der Waals surface area (Å²) in [5.41, 5.74) is 1.41. The first kappa shape index (κ1) is 21.7. The SMILES string of the molecule is CO[C@H]1O[C@H](Cn2nnc3ccccc32)[C@@H](OC(C)=O)[C@H](OC(C)=O)[C@@H]1OC(C)=O. The molecule has 1 aliphatic heterocycles. The fourth-order valence-corrected chi connectivity index (χ4v) is 3.41. The first-order chi connectivity index (χ1) is 14.3. The van der Waals surface area contributed by atoms with E-state index in [0.29, 0.717) is 5.52 Å². The molecule has 2 aromatic rings. The van der Waals surface area contributed by atoms with Gasteiger partial charge in [-0.1, -0.05) is 17.3 Å². The van der Waals surface area contributed by atoms with Crippen LogP contribution in [0, 0.1) is 0 Å². The van der Waals surface area contributed by atoms with Gasteiger partial charge in [0.05, 0.1) is 12.1 Å². The molecule has 0 unspecified atom stereocenters. The van der Waals surface area contributed by atoms with Gasteiger partial charge in [0.2, 0.25) is 0 Å². The Hall–Kier alpha value is -3.05. The summed E-state index contributed by atoms with van der Waals surface area (Å²) >= 11 is 0. The highest BCUT2D eigenvalue weighted by molar-refractivity contribution is 5.73. The van der Waals surface area contributed by atoms with Crippen LogP contribution in [0.1, 0.15) is 20.8 Å². The molecule has 3 rings (SSSR count). The van der Waals surface area contributed by atoms with E-state index in [9.17, 15) is 14.4 Å². The first-order valence-electron chi connectivity index (χ1n) is 9.28. The van der Waals surface area contributed by atoms with E-state index >= 15 is 0 Å². The van der Waals surface area contributed by atoms with Crippen LogP contribution in [0.25, 0.3) is 11.0 Å². The predicted molar refractivity (Wildman–Crippen MR) is 99.9 cm³/mol. The molecule has 0 radical (unpaired) electrons. The van der Waals surface area contributed by atoms with Gasteiger partial charge in [0.1, 0.15) is 11.6 Å². The van der Waals surface area contributed by atoms with Gasteiger partial charge in [0.25, 0.3) is 0 Å². The van der Waals surface area contributed by atoms with E-state index in [-0.39, 0.29) is 6.54 Å². The number of methoxy groups -OCH3 is 1. The monoisotopic (exact) mass is 421 g/mol. The van der Waals surface area contributed by atoms with Crippen molar-refractivity contribution in [1.29, 1.82) is 0 Å². The van der Waals surface area contributed by atoms with Crippen LogP contribution in [0.3, 0.4) is 0 Å². The van der Waals surface area contributed by atoms with Crippen molar-refractivity contribution in [2.24, 2.45) is 0 Å². The Morgan fingerprint density at radius 1 is 0.967 bits per heavy atom. The molecule has 1 saturated heterocycles. The third kappa shape index (κ3) is 4.74. The van der Waals surface area contributed by atoms with E-state index in [4.69, 9.17) is 23.7 Å². The minimum atomic E-state index is -1.14. The molecular weight excluding hydrogens is 398 g/mol. The lowest BCUT2D eigenvalue weighted by Crippen LogP contribution is -2.62. The average molecular weight is 421 g/mol. The molecule has 0 N–H and O–H groups in total. The number of benzene rings is 1. The molecule has 1 aliphatic rings. The van der Waals surface area contributed by atoms with Crippen molar-refractivity contribution in [3.05, 3.63) is 24.3 Å². The largest absolute Gasteiger partial charge is 0.456 e. The van der Waals surface area contributed by atoms with Crippen molar-refractivity contribution in [3.63, 3.8) is 0 Å².